The summed E-state index contributed by atoms with van der Waals surface area (Å²) in [5, 5.41) is 2.85. The number of nitrogens with one attached hydrogen (secondary N) is 1. The predicted octanol–water partition coefficient (Wildman–Crippen LogP) is 4.49. The lowest BCUT2D eigenvalue weighted by molar-refractivity contribution is -0.141. The Morgan fingerprint density at radius 3 is 2.52 bits per heavy atom. The van der Waals surface area contributed by atoms with Gasteiger partial charge in [0, 0.05) is 11.9 Å². The first kappa shape index (κ1) is 15.7. The van der Waals surface area contributed by atoms with Crippen LogP contribution in [0.2, 0.25) is 10.4 Å². The summed E-state index contributed by atoms with van der Waals surface area (Å²) in [5.74, 6) is 0.141. The number of rotatable bonds is 2. The van der Waals surface area contributed by atoms with Gasteiger partial charge < -0.3 is 5.32 Å². The zero-order valence-electron chi connectivity index (χ0n) is 11.1. The Morgan fingerprint density at radius 1 is 1.00 bits per heavy atom. The maximum atomic E-state index is 12.7. The van der Waals surface area contributed by atoms with Gasteiger partial charge in [-0.2, -0.15) is 18.2 Å². The highest BCUT2D eigenvalue weighted by molar-refractivity contribution is 6.30. The Bertz CT molecular complexity index is 885. The van der Waals surface area contributed by atoms with E-state index in [1.807, 2.05) is 0 Å². The lowest BCUT2D eigenvalue weighted by atomic mass is 10.3. The first-order chi connectivity index (χ1) is 10.8. The number of pyridine rings is 2. The van der Waals surface area contributed by atoms with Gasteiger partial charge in [-0.25, -0.2) is 9.97 Å². The summed E-state index contributed by atoms with van der Waals surface area (Å²) in [5.41, 5.74) is -0.211. The van der Waals surface area contributed by atoms with E-state index in [1.165, 1.54) is 12.1 Å². The molecule has 1 N–H and O–H groups in total. The summed E-state index contributed by atoms with van der Waals surface area (Å²) >= 11 is 11.7. The largest absolute Gasteiger partial charge is 0.433 e. The molecular formula is C13H6Cl2F3N5. The summed E-state index contributed by atoms with van der Waals surface area (Å²) in [6, 6.07) is 5.32. The zero-order valence-corrected chi connectivity index (χ0v) is 12.6. The highest BCUT2D eigenvalue weighted by Crippen LogP contribution is 2.30. The third-order valence-electron chi connectivity index (χ3n) is 2.79. The third-order valence-corrected chi connectivity index (χ3v) is 3.17. The van der Waals surface area contributed by atoms with Crippen LogP contribution in [0.25, 0.3) is 11.0 Å². The molecule has 0 unspecified atom stereocenters. The fourth-order valence-electron chi connectivity index (χ4n) is 1.85. The SMILES string of the molecule is FC(F)(F)c1cc(Nc2nc(Cl)nc3ccc(Cl)nc23)ccn1. The molecule has 3 aromatic rings. The van der Waals surface area contributed by atoms with Gasteiger partial charge >= 0.3 is 6.18 Å². The average Bonchev–Trinajstić information content (AvgIpc) is 2.47. The van der Waals surface area contributed by atoms with Crippen molar-refractivity contribution >= 4 is 45.7 Å². The van der Waals surface area contributed by atoms with E-state index in [-0.39, 0.29) is 27.5 Å². The number of nitrogens with zero attached hydrogens (tertiary/aromatic N) is 4. The number of anilines is 2. The molecule has 3 heterocycles. The van der Waals surface area contributed by atoms with Crippen molar-refractivity contribution in [3.8, 4) is 0 Å². The van der Waals surface area contributed by atoms with Gasteiger partial charge in [0.25, 0.3) is 0 Å². The summed E-state index contributed by atoms with van der Waals surface area (Å²) in [4.78, 5) is 15.3. The lowest BCUT2D eigenvalue weighted by Crippen LogP contribution is -2.08. The van der Waals surface area contributed by atoms with Gasteiger partial charge in [0.2, 0.25) is 5.28 Å². The van der Waals surface area contributed by atoms with Gasteiger partial charge in [-0.3, -0.25) is 4.98 Å². The number of halogens is 5. The molecule has 0 saturated carbocycles. The molecule has 23 heavy (non-hydrogen) atoms. The maximum Gasteiger partial charge on any atom is 0.433 e. The quantitative estimate of drug-likeness (QED) is 0.539. The van der Waals surface area contributed by atoms with Crippen molar-refractivity contribution in [3.63, 3.8) is 0 Å². The molecule has 3 rings (SSSR count). The summed E-state index contributed by atoms with van der Waals surface area (Å²) in [6.45, 7) is 0. The first-order valence-corrected chi connectivity index (χ1v) is 6.88. The monoisotopic (exact) mass is 359 g/mol. The van der Waals surface area contributed by atoms with Crippen LogP contribution in [0.1, 0.15) is 5.69 Å². The molecule has 0 spiro atoms. The van der Waals surface area contributed by atoms with Crippen molar-refractivity contribution in [2.24, 2.45) is 0 Å². The molecule has 0 bridgehead atoms. The second-order valence-electron chi connectivity index (χ2n) is 4.40. The second-order valence-corrected chi connectivity index (χ2v) is 5.12. The van der Waals surface area contributed by atoms with Crippen molar-refractivity contribution in [2.75, 3.05) is 5.32 Å². The molecular weight excluding hydrogens is 354 g/mol. The van der Waals surface area contributed by atoms with E-state index < -0.39 is 11.9 Å². The number of alkyl halides is 3. The van der Waals surface area contributed by atoms with Gasteiger partial charge in [-0.1, -0.05) is 11.6 Å². The molecule has 0 aliphatic heterocycles. The maximum absolute atomic E-state index is 12.7. The fraction of sp³-hybridized carbons (Fsp3) is 0.0769. The van der Waals surface area contributed by atoms with Crippen molar-refractivity contribution in [1.29, 1.82) is 0 Å². The number of aromatic nitrogens is 4. The molecule has 0 radical (unpaired) electrons. The topological polar surface area (TPSA) is 63.6 Å². The number of hydrogen-bond acceptors (Lipinski definition) is 5. The molecule has 0 amide bonds. The first-order valence-electron chi connectivity index (χ1n) is 6.13. The summed E-state index contributed by atoms with van der Waals surface area (Å²) in [7, 11) is 0. The Balaban J connectivity index is 2.06. The van der Waals surface area contributed by atoms with Crippen LogP contribution < -0.4 is 5.32 Å². The highest BCUT2D eigenvalue weighted by Gasteiger charge is 2.32. The third kappa shape index (κ3) is 3.43. The van der Waals surface area contributed by atoms with Crippen LogP contribution in [0.15, 0.2) is 30.5 Å². The van der Waals surface area contributed by atoms with Crippen LogP contribution in [0, 0.1) is 0 Å². The molecule has 10 heteroatoms. The molecule has 0 saturated heterocycles. The van der Waals surface area contributed by atoms with Crippen molar-refractivity contribution in [2.45, 2.75) is 6.18 Å². The summed E-state index contributed by atoms with van der Waals surface area (Å²) < 4.78 is 38.1. The highest BCUT2D eigenvalue weighted by atomic mass is 35.5. The standard InChI is InChI=1S/C13H6Cl2F3N5/c14-9-2-1-7-10(22-9)11(23-12(15)21-7)20-6-3-4-19-8(5-6)13(16,17)18/h1-5H,(H,19,20,21,23). The minimum atomic E-state index is -4.55. The van der Waals surface area contributed by atoms with Gasteiger partial charge in [0.1, 0.15) is 16.4 Å². The van der Waals surface area contributed by atoms with Crippen LogP contribution in [0.3, 0.4) is 0 Å². The van der Waals surface area contributed by atoms with Gasteiger partial charge in [0.05, 0.1) is 5.52 Å². The summed E-state index contributed by atoms with van der Waals surface area (Å²) in [6.07, 6.45) is -3.51. The Labute approximate surface area is 137 Å². The Morgan fingerprint density at radius 2 is 1.78 bits per heavy atom. The van der Waals surface area contributed by atoms with Gasteiger partial charge in [0.15, 0.2) is 5.82 Å². The molecule has 3 aromatic heterocycles. The molecule has 5 nitrogen and oxygen atoms in total. The lowest BCUT2D eigenvalue weighted by Gasteiger charge is -2.11. The Kier molecular flexibility index (Phi) is 3.95. The van der Waals surface area contributed by atoms with E-state index in [0.717, 1.165) is 12.3 Å². The van der Waals surface area contributed by atoms with E-state index in [9.17, 15) is 13.2 Å². The van der Waals surface area contributed by atoms with Crippen LogP contribution >= 0.6 is 23.2 Å². The van der Waals surface area contributed by atoms with E-state index >= 15 is 0 Å². The molecule has 0 fully saturated rings. The van der Waals surface area contributed by atoms with Crippen molar-refractivity contribution < 1.29 is 13.2 Å². The second kappa shape index (κ2) is 5.78. The number of fused-ring (bicyclic) bond motifs is 1. The normalized spacial score (nSPS) is 11.7. The van der Waals surface area contributed by atoms with Gasteiger partial charge in [-0.15, -0.1) is 0 Å². The van der Waals surface area contributed by atoms with Crippen molar-refractivity contribution in [3.05, 3.63) is 46.6 Å². The molecule has 0 aromatic carbocycles. The molecule has 0 aliphatic carbocycles. The fourth-order valence-corrected chi connectivity index (χ4v) is 2.17. The van der Waals surface area contributed by atoms with E-state index in [2.05, 4.69) is 25.3 Å². The molecule has 0 aliphatic rings. The molecule has 118 valence electrons. The van der Waals surface area contributed by atoms with E-state index in [0.29, 0.717) is 5.52 Å². The predicted molar refractivity (Wildman–Crippen MR) is 79.9 cm³/mol. The smallest absolute Gasteiger partial charge is 0.338 e. The minimum Gasteiger partial charge on any atom is -0.338 e. The van der Waals surface area contributed by atoms with Crippen molar-refractivity contribution in [1.82, 2.24) is 19.9 Å². The van der Waals surface area contributed by atoms with E-state index in [1.54, 1.807) is 6.07 Å². The van der Waals surface area contributed by atoms with Crippen LogP contribution in [-0.2, 0) is 6.18 Å². The molecule has 0 atom stereocenters. The average molecular weight is 360 g/mol. The van der Waals surface area contributed by atoms with Crippen LogP contribution in [0.5, 0.6) is 0 Å². The van der Waals surface area contributed by atoms with Gasteiger partial charge in [-0.05, 0) is 35.9 Å². The van der Waals surface area contributed by atoms with E-state index in [4.69, 9.17) is 23.2 Å². The Hall–Kier alpha value is -2.19. The zero-order chi connectivity index (χ0) is 16.6. The van der Waals surface area contributed by atoms with Crippen LogP contribution in [-0.4, -0.2) is 19.9 Å². The minimum absolute atomic E-state index is 0.0748. The van der Waals surface area contributed by atoms with Crippen LogP contribution in [0.4, 0.5) is 24.7 Å². The number of hydrogen-bond donors (Lipinski definition) is 1.